The van der Waals surface area contributed by atoms with E-state index in [0.717, 1.165) is 31.0 Å². The first-order valence-electron chi connectivity index (χ1n) is 7.63. The van der Waals surface area contributed by atoms with Crippen LogP contribution in [0.2, 0.25) is 5.02 Å². The maximum absolute atomic E-state index is 6.24. The van der Waals surface area contributed by atoms with Gasteiger partial charge in [0.15, 0.2) is 11.5 Å². The van der Waals surface area contributed by atoms with E-state index in [2.05, 4.69) is 15.5 Å². The minimum atomic E-state index is 0.332. The lowest BCUT2D eigenvalue weighted by Gasteiger charge is -2.10. The van der Waals surface area contributed by atoms with Crippen molar-refractivity contribution in [3.8, 4) is 22.9 Å². The number of hydrogen-bond acceptors (Lipinski definition) is 6. The summed E-state index contributed by atoms with van der Waals surface area (Å²) in [5.74, 6) is 2.66. The molecule has 1 aromatic carbocycles. The molecule has 1 saturated heterocycles. The Morgan fingerprint density at radius 3 is 2.91 bits per heavy atom. The molecule has 6 nitrogen and oxygen atoms in total. The van der Waals surface area contributed by atoms with Gasteiger partial charge >= 0.3 is 0 Å². The molecule has 2 aliphatic rings. The van der Waals surface area contributed by atoms with Crippen molar-refractivity contribution >= 4 is 11.6 Å². The van der Waals surface area contributed by atoms with Gasteiger partial charge in [-0.25, -0.2) is 0 Å². The minimum absolute atomic E-state index is 0.332. The predicted molar refractivity (Wildman–Crippen MR) is 85.1 cm³/mol. The number of halogens is 1. The zero-order valence-electron chi connectivity index (χ0n) is 13.1. The highest BCUT2D eigenvalue weighted by atomic mass is 35.5. The van der Waals surface area contributed by atoms with Crippen LogP contribution in [0.25, 0.3) is 11.4 Å². The second-order valence-corrected chi connectivity index (χ2v) is 6.60. The molecular formula is C16H18ClN3O3. The molecule has 2 atom stereocenters. The van der Waals surface area contributed by atoms with Crippen LogP contribution in [0.4, 0.5) is 0 Å². The highest BCUT2D eigenvalue weighted by Gasteiger charge is 2.58. The third-order valence-electron chi connectivity index (χ3n) is 4.90. The van der Waals surface area contributed by atoms with E-state index >= 15 is 0 Å². The molecule has 0 amide bonds. The Balaban J connectivity index is 1.63. The van der Waals surface area contributed by atoms with Crippen LogP contribution in [0.1, 0.15) is 24.7 Å². The van der Waals surface area contributed by atoms with Gasteiger partial charge in [-0.15, -0.1) is 0 Å². The van der Waals surface area contributed by atoms with E-state index in [1.807, 2.05) is 0 Å². The number of hydrogen-bond donors (Lipinski definition) is 1. The van der Waals surface area contributed by atoms with E-state index in [9.17, 15) is 0 Å². The minimum Gasteiger partial charge on any atom is -0.493 e. The van der Waals surface area contributed by atoms with Gasteiger partial charge in [0.2, 0.25) is 11.7 Å². The van der Waals surface area contributed by atoms with E-state index < -0.39 is 0 Å². The summed E-state index contributed by atoms with van der Waals surface area (Å²) in [5.41, 5.74) is 1.08. The van der Waals surface area contributed by atoms with Crippen molar-refractivity contribution in [1.82, 2.24) is 15.5 Å². The molecule has 2 heterocycles. The maximum Gasteiger partial charge on any atom is 0.230 e. The van der Waals surface area contributed by atoms with Crippen LogP contribution in [0.5, 0.6) is 11.5 Å². The number of aromatic nitrogens is 2. The lowest BCUT2D eigenvalue weighted by molar-refractivity contribution is 0.355. The largest absolute Gasteiger partial charge is 0.493 e. The van der Waals surface area contributed by atoms with E-state index in [1.54, 1.807) is 26.4 Å². The number of rotatable bonds is 4. The van der Waals surface area contributed by atoms with Crippen LogP contribution in [-0.2, 0) is 0 Å². The van der Waals surface area contributed by atoms with Gasteiger partial charge in [-0.2, -0.15) is 4.98 Å². The summed E-state index contributed by atoms with van der Waals surface area (Å²) in [6, 6.07) is 3.57. The smallest absolute Gasteiger partial charge is 0.230 e. The second kappa shape index (κ2) is 5.39. The predicted octanol–water partition coefficient (Wildman–Crippen LogP) is 2.87. The monoisotopic (exact) mass is 335 g/mol. The quantitative estimate of drug-likeness (QED) is 0.926. The fourth-order valence-corrected chi connectivity index (χ4v) is 3.76. The van der Waals surface area contributed by atoms with Gasteiger partial charge in [0.1, 0.15) is 0 Å². The Kier molecular flexibility index (Phi) is 3.46. The van der Waals surface area contributed by atoms with Gasteiger partial charge in [0.25, 0.3) is 0 Å². The summed E-state index contributed by atoms with van der Waals surface area (Å²) in [5, 5.41) is 7.98. The fraction of sp³-hybridized carbons (Fsp3) is 0.500. The molecule has 1 aliphatic carbocycles. The molecule has 2 aromatic rings. The molecule has 1 N–H and O–H groups in total. The van der Waals surface area contributed by atoms with Crippen molar-refractivity contribution in [3.05, 3.63) is 23.0 Å². The molecule has 1 aromatic heterocycles. The number of nitrogens with one attached hydrogen (secondary N) is 1. The molecule has 2 fully saturated rings. The van der Waals surface area contributed by atoms with Crippen molar-refractivity contribution < 1.29 is 14.0 Å². The summed E-state index contributed by atoms with van der Waals surface area (Å²) in [6.45, 7) is 2.11. The highest BCUT2D eigenvalue weighted by Crippen LogP contribution is 2.62. The Morgan fingerprint density at radius 1 is 1.35 bits per heavy atom. The van der Waals surface area contributed by atoms with Gasteiger partial charge in [-0.05, 0) is 36.9 Å². The van der Waals surface area contributed by atoms with Crippen LogP contribution >= 0.6 is 11.6 Å². The average molecular weight is 336 g/mol. The van der Waals surface area contributed by atoms with Crippen molar-refractivity contribution in [2.75, 3.05) is 27.3 Å². The van der Waals surface area contributed by atoms with Crippen molar-refractivity contribution in [2.45, 2.75) is 18.8 Å². The molecule has 122 valence electrons. The number of ether oxygens (including phenoxy) is 2. The Labute approximate surface area is 139 Å². The average Bonchev–Trinajstić information content (AvgIpc) is 2.93. The molecule has 0 radical (unpaired) electrons. The number of methoxy groups -OCH3 is 2. The van der Waals surface area contributed by atoms with Crippen LogP contribution in [0.3, 0.4) is 0 Å². The zero-order valence-corrected chi connectivity index (χ0v) is 13.8. The van der Waals surface area contributed by atoms with E-state index in [4.69, 9.17) is 25.6 Å². The van der Waals surface area contributed by atoms with Crippen molar-refractivity contribution in [1.29, 1.82) is 0 Å². The topological polar surface area (TPSA) is 69.4 Å². The molecule has 7 heteroatoms. The van der Waals surface area contributed by atoms with Gasteiger partial charge < -0.3 is 19.3 Å². The SMILES string of the molecule is COc1cc(-c2noc(C3CC34CCNC4)n2)cc(Cl)c1OC. The molecule has 1 spiro atoms. The number of benzene rings is 1. The standard InChI is InChI=1S/C16H18ClN3O3/c1-21-12-6-9(5-11(17)13(12)22-2)14-19-15(23-20-14)10-7-16(10)3-4-18-8-16/h5-6,10,18H,3-4,7-8H2,1-2H3. The fourth-order valence-electron chi connectivity index (χ4n) is 3.47. The lowest BCUT2D eigenvalue weighted by atomic mass is 10.0. The van der Waals surface area contributed by atoms with Crippen LogP contribution in [0.15, 0.2) is 16.7 Å². The zero-order chi connectivity index (χ0) is 16.0. The molecule has 4 rings (SSSR count). The van der Waals surface area contributed by atoms with Crippen LogP contribution in [-0.4, -0.2) is 37.4 Å². The molecule has 0 bridgehead atoms. The Hall–Kier alpha value is -1.79. The summed E-state index contributed by atoms with van der Waals surface area (Å²) in [4.78, 5) is 4.57. The van der Waals surface area contributed by atoms with Gasteiger partial charge in [0, 0.05) is 18.0 Å². The Morgan fingerprint density at radius 2 is 2.22 bits per heavy atom. The van der Waals surface area contributed by atoms with Gasteiger partial charge in [-0.1, -0.05) is 16.8 Å². The lowest BCUT2D eigenvalue weighted by Crippen LogP contribution is -2.10. The summed E-state index contributed by atoms with van der Waals surface area (Å²) in [7, 11) is 3.12. The number of nitrogens with zero attached hydrogens (tertiary/aromatic N) is 2. The van der Waals surface area contributed by atoms with Crippen molar-refractivity contribution in [3.63, 3.8) is 0 Å². The first-order chi connectivity index (χ1) is 11.2. The molecule has 23 heavy (non-hydrogen) atoms. The molecule has 1 aliphatic heterocycles. The first-order valence-corrected chi connectivity index (χ1v) is 8.01. The third-order valence-corrected chi connectivity index (χ3v) is 5.18. The first kappa shape index (κ1) is 14.8. The third kappa shape index (κ3) is 2.37. The summed E-state index contributed by atoms with van der Waals surface area (Å²) >= 11 is 6.24. The summed E-state index contributed by atoms with van der Waals surface area (Å²) < 4.78 is 16.1. The van der Waals surface area contributed by atoms with Crippen molar-refractivity contribution in [2.24, 2.45) is 5.41 Å². The van der Waals surface area contributed by atoms with Gasteiger partial charge in [-0.3, -0.25) is 0 Å². The van der Waals surface area contributed by atoms with Crippen LogP contribution < -0.4 is 14.8 Å². The maximum atomic E-state index is 6.24. The molecular weight excluding hydrogens is 318 g/mol. The summed E-state index contributed by atoms with van der Waals surface area (Å²) in [6.07, 6.45) is 2.30. The van der Waals surface area contributed by atoms with E-state index in [-0.39, 0.29) is 0 Å². The Bertz CT molecular complexity index is 740. The van der Waals surface area contributed by atoms with E-state index in [1.165, 1.54) is 6.42 Å². The normalized spacial score (nSPS) is 25.8. The van der Waals surface area contributed by atoms with E-state index in [0.29, 0.717) is 33.7 Å². The molecule has 2 unspecified atom stereocenters. The molecule has 1 saturated carbocycles. The highest BCUT2D eigenvalue weighted by molar-refractivity contribution is 6.32. The second-order valence-electron chi connectivity index (χ2n) is 6.20. The van der Waals surface area contributed by atoms with Gasteiger partial charge in [0.05, 0.1) is 19.2 Å². The van der Waals surface area contributed by atoms with Crippen LogP contribution in [0, 0.1) is 5.41 Å².